The van der Waals surface area contributed by atoms with Crippen LogP contribution in [0.4, 0.5) is 0 Å². The molecule has 0 amide bonds. The molecule has 2 aliphatic carbocycles. The van der Waals surface area contributed by atoms with E-state index in [0.29, 0.717) is 19.1 Å². The average Bonchev–Trinajstić information content (AvgIpc) is 3.25. The summed E-state index contributed by atoms with van der Waals surface area (Å²) in [6, 6.07) is 5.93. The van der Waals surface area contributed by atoms with Crippen molar-refractivity contribution in [2.45, 2.75) is 38.2 Å². The van der Waals surface area contributed by atoms with Gasteiger partial charge in [-0.3, -0.25) is 0 Å². The van der Waals surface area contributed by atoms with Gasteiger partial charge in [0, 0.05) is 6.42 Å². The van der Waals surface area contributed by atoms with Crippen molar-refractivity contribution in [3.63, 3.8) is 0 Å². The van der Waals surface area contributed by atoms with E-state index in [4.69, 9.17) is 9.47 Å². The van der Waals surface area contributed by atoms with Crippen molar-refractivity contribution in [1.82, 2.24) is 0 Å². The highest BCUT2D eigenvalue weighted by Gasteiger charge is 2.54. The van der Waals surface area contributed by atoms with Crippen molar-refractivity contribution in [2.75, 3.05) is 13.2 Å². The van der Waals surface area contributed by atoms with Gasteiger partial charge in [0.1, 0.15) is 0 Å². The molecular weight excluding hydrogens is 252 g/mol. The van der Waals surface area contributed by atoms with Gasteiger partial charge in [-0.25, -0.2) is 0 Å². The van der Waals surface area contributed by atoms with E-state index >= 15 is 0 Å². The third kappa shape index (κ3) is 2.08. The first kappa shape index (κ1) is 12.5. The molecular formula is C17H22O3. The number of aliphatic hydroxyl groups is 1. The van der Waals surface area contributed by atoms with Gasteiger partial charge in [0.2, 0.25) is 0 Å². The van der Waals surface area contributed by atoms with Crippen LogP contribution in [0.2, 0.25) is 0 Å². The highest BCUT2D eigenvalue weighted by Crippen LogP contribution is 2.60. The van der Waals surface area contributed by atoms with E-state index in [1.54, 1.807) is 0 Å². The molecule has 1 aromatic carbocycles. The molecule has 0 bridgehead atoms. The molecule has 2 fully saturated rings. The Morgan fingerprint density at radius 3 is 2.40 bits per heavy atom. The van der Waals surface area contributed by atoms with Gasteiger partial charge >= 0.3 is 0 Å². The first-order chi connectivity index (χ1) is 9.84. The highest BCUT2D eigenvalue weighted by molar-refractivity contribution is 5.44. The molecule has 0 aromatic heterocycles. The maximum absolute atomic E-state index is 10.7. The zero-order chi connectivity index (χ0) is 13.5. The number of fused-ring (bicyclic) bond motifs is 2. The number of rotatable bonds is 2. The summed E-state index contributed by atoms with van der Waals surface area (Å²) < 4.78 is 11.4. The van der Waals surface area contributed by atoms with Crippen molar-refractivity contribution in [2.24, 2.45) is 17.8 Å². The van der Waals surface area contributed by atoms with Crippen LogP contribution in [0.1, 0.15) is 43.8 Å². The van der Waals surface area contributed by atoms with Gasteiger partial charge in [0.05, 0.1) is 19.3 Å². The Morgan fingerprint density at radius 2 is 1.65 bits per heavy atom. The minimum absolute atomic E-state index is 0.333. The van der Waals surface area contributed by atoms with Crippen LogP contribution in [0.15, 0.2) is 18.2 Å². The molecule has 3 aliphatic rings. The van der Waals surface area contributed by atoms with Crippen LogP contribution >= 0.6 is 0 Å². The summed E-state index contributed by atoms with van der Waals surface area (Å²) in [6.07, 6.45) is 5.87. The largest absolute Gasteiger partial charge is 0.490 e. The third-order valence-electron chi connectivity index (χ3n) is 5.20. The summed E-state index contributed by atoms with van der Waals surface area (Å²) in [6.45, 7) is 1.41. The van der Waals surface area contributed by atoms with Crippen molar-refractivity contribution in [3.8, 4) is 11.5 Å². The second kappa shape index (κ2) is 4.96. The second-order valence-corrected chi connectivity index (χ2v) is 6.39. The van der Waals surface area contributed by atoms with Gasteiger partial charge in [-0.05, 0) is 48.3 Å². The topological polar surface area (TPSA) is 38.7 Å². The first-order valence-corrected chi connectivity index (χ1v) is 7.92. The number of hydrogen-bond acceptors (Lipinski definition) is 3. The molecule has 0 saturated heterocycles. The van der Waals surface area contributed by atoms with E-state index in [-0.39, 0.29) is 6.10 Å². The standard InChI is InChI=1S/C17H22O3/c18-17(16-12-4-1-2-5-13(12)16)11-6-7-14-15(10-11)20-9-3-8-19-14/h6-7,10,12-13,16-18H,1-5,8-9H2. The zero-order valence-electron chi connectivity index (χ0n) is 11.8. The number of hydrogen-bond donors (Lipinski definition) is 1. The third-order valence-corrected chi connectivity index (χ3v) is 5.20. The fourth-order valence-corrected chi connectivity index (χ4v) is 4.10. The molecule has 3 unspecified atom stereocenters. The SMILES string of the molecule is OC(c1ccc2c(c1)OCCCO2)C1C2CCCCC21. The normalized spacial score (nSPS) is 33.0. The summed E-state index contributed by atoms with van der Waals surface area (Å²) >= 11 is 0. The van der Waals surface area contributed by atoms with Gasteiger partial charge in [-0.15, -0.1) is 0 Å². The molecule has 1 N–H and O–H groups in total. The summed E-state index contributed by atoms with van der Waals surface area (Å²) in [5.74, 6) is 3.60. The Bertz CT molecular complexity index is 487. The fourth-order valence-electron chi connectivity index (χ4n) is 4.10. The molecule has 108 valence electrons. The average molecular weight is 274 g/mol. The summed E-state index contributed by atoms with van der Waals surface area (Å²) in [5.41, 5.74) is 0.994. The molecule has 1 aromatic rings. The molecule has 1 heterocycles. The monoisotopic (exact) mass is 274 g/mol. The smallest absolute Gasteiger partial charge is 0.161 e. The number of benzene rings is 1. The van der Waals surface area contributed by atoms with E-state index in [0.717, 1.165) is 35.3 Å². The molecule has 3 nitrogen and oxygen atoms in total. The predicted molar refractivity (Wildman–Crippen MR) is 75.9 cm³/mol. The second-order valence-electron chi connectivity index (χ2n) is 6.39. The predicted octanol–water partition coefficient (Wildman–Crippen LogP) is 3.32. The lowest BCUT2D eigenvalue weighted by molar-refractivity contribution is 0.141. The summed E-state index contributed by atoms with van der Waals surface area (Å²) in [7, 11) is 0. The van der Waals surface area contributed by atoms with E-state index in [1.165, 1.54) is 25.7 Å². The van der Waals surface area contributed by atoms with Crippen molar-refractivity contribution in [1.29, 1.82) is 0 Å². The summed E-state index contributed by atoms with van der Waals surface area (Å²) in [4.78, 5) is 0. The van der Waals surface area contributed by atoms with E-state index in [9.17, 15) is 5.11 Å². The van der Waals surface area contributed by atoms with E-state index in [2.05, 4.69) is 0 Å². The lowest BCUT2D eigenvalue weighted by atomic mass is 10.0. The number of aliphatic hydroxyl groups excluding tert-OH is 1. The first-order valence-electron chi connectivity index (χ1n) is 7.92. The van der Waals surface area contributed by atoms with Crippen molar-refractivity contribution in [3.05, 3.63) is 23.8 Å². The highest BCUT2D eigenvalue weighted by atomic mass is 16.5. The van der Waals surface area contributed by atoms with E-state index < -0.39 is 0 Å². The van der Waals surface area contributed by atoms with Crippen LogP contribution < -0.4 is 9.47 Å². The van der Waals surface area contributed by atoms with Gasteiger partial charge in [-0.1, -0.05) is 18.9 Å². The molecule has 3 atom stereocenters. The minimum Gasteiger partial charge on any atom is -0.490 e. The minimum atomic E-state index is -0.333. The van der Waals surface area contributed by atoms with Crippen LogP contribution in [0, 0.1) is 17.8 Å². The van der Waals surface area contributed by atoms with Crippen LogP contribution in [0.25, 0.3) is 0 Å². The van der Waals surface area contributed by atoms with Crippen LogP contribution in [0.5, 0.6) is 11.5 Å². The van der Waals surface area contributed by atoms with Gasteiger partial charge in [-0.2, -0.15) is 0 Å². The van der Waals surface area contributed by atoms with Crippen LogP contribution in [-0.2, 0) is 0 Å². The molecule has 20 heavy (non-hydrogen) atoms. The van der Waals surface area contributed by atoms with Crippen LogP contribution in [-0.4, -0.2) is 18.3 Å². The quantitative estimate of drug-likeness (QED) is 0.899. The Morgan fingerprint density at radius 1 is 0.950 bits per heavy atom. The summed E-state index contributed by atoms with van der Waals surface area (Å²) in [5, 5.41) is 10.7. The Hall–Kier alpha value is -1.22. The molecule has 2 saturated carbocycles. The van der Waals surface area contributed by atoms with Gasteiger partial charge in [0.15, 0.2) is 11.5 Å². The molecule has 4 rings (SSSR count). The Kier molecular flexibility index (Phi) is 3.10. The molecule has 1 aliphatic heterocycles. The van der Waals surface area contributed by atoms with Gasteiger partial charge in [0.25, 0.3) is 0 Å². The Balaban J connectivity index is 1.55. The lowest BCUT2D eigenvalue weighted by Gasteiger charge is -2.14. The molecule has 0 spiro atoms. The fraction of sp³-hybridized carbons (Fsp3) is 0.647. The van der Waals surface area contributed by atoms with Crippen molar-refractivity contribution >= 4 is 0 Å². The van der Waals surface area contributed by atoms with Crippen molar-refractivity contribution < 1.29 is 14.6 Å². The zero-order valence-corrected chi connectivity index (χ0v) is 11.8. The van der Waals surface area contributed by atoms with Crippen LogP contribution in [0.3, 0.4) is 0 Å². The van der Waals surface area contributed by atoms with Gasteiger partial charge < -0.3 is 14.6 Å². The lowest BCUT2D eigenvalue weighted by Crippen LogP contribution is -2.03. The maximum atomic E-state index is 10.7. The molecule has 0 radical (unpaired) electrons. The number of ether oxygens (including phenoxy) is 2. The molecule has 3 heteroatoms. The van der Waals surface area contributed by atoms with E-state index in [1.807, 2.05) is 18.2 Å². The Labute approximate surface area is 119 Å². The maximum Gasteiger partial charge on any atom is 0.161 e.